The van der Waals surface area contributed by atoms with Crippen LogP contribution in [0.3, 0.4) is 0 Å². The van der Waals surface area contributed by atoms with Gasteiger partial charge in [0.25, 0.3) is 0 Å². The van der Waals surface area contributed by atoms with E-state index in [2.05, 4.69) is 15.2 Å². The highest BCUT2D eigenvalue weighted by atomic mass is 32.2. The van der Waals surface area contributed by atoms with Crippen molar-refractivity contribution >= 4 is 45.0 Å². The molecule has 0 saturated heterocycles. The minimum absolute atomic E-state index is 0.0326. The lowest BCUT2D eigenvalue weighted by Gasteiger charge is -2.27. The molecule has 0 fully saturated rings. The standard InChI is InChI=1S/C15H14FN5OS2/c16-8-1-2-11-9(5-8)10-6-21(4-3-12(10)18-11)13(22)7-23-15-20-19-14(17)24-15/h1-2,5,18H,3-4,6-7H2,(H2,17,19). The Hall–Kier alpha value is -2.13. The van der Waals surface area contributed by atoms with Crippen LogP contribution in [0.25, 0.3) is 10.9 Å². The highest BCUT2D eigenvalue weighted by Crippen LogP contribution is 2.29. The van der Waals surface area contributed by atoms with Gasteiger partial charge in [-0.1, -0.05) is 23.1 Å². The van der Waals surface area contributed by atoms with Gasteiger partial charge in [-0.2, -0.15) is 0 Å². The number of aromatic amines is 1. The number of amides is 1. The highest BCUT2D eigenvalue weighted by Gasteiger charge is 2.24. The van der Waals surface area contributed by atoms with Gasteiger partial charge in [-0.25, -0.2) is 4.39 Å². The monoisotopic (exact) mass is 363 g/mol. The van der Waals surface area contributed by atoms with Crippen molar-refractivity contribution in [2.75, 3.05) is 18.0 Å². The summed E-state index contributed by atoms with van der Waals surface area (Å²) in [7, 11) is 0. The quantitative estimate of drug-likeness (QED) is 0.698. The van der Waals surface area contributed by atoms with E-state index in [0.717, 1.165) is 28.6 Å². The molecule has 0 unspecified atom stereocenters. The lowest BCUT2D eigenvalue weighted by atomic mass is 10.0. The number of aromatic nitrogens is 3. The number of nitrogen functional groups attached to an aromatic ring is 1. The molecule has 3 heterocycles. The fraction of sp³-hybridized carbons (Fsp3) is 0.267. The minimum atomic E-state index is -0.267. The number of H-pyrrole nitrogens is 1. The minimum Gasteiger partial charge on any atom is -0.374 e. The number of carbonyl (C=O) groups is 1. The number of fused-ring (bicyclic) bond motifs is 3. The zero-order valence-corrected chi connectivity index (χ0v) is 14.2. The molecule has 0 saturated carbocycles. The number of thioether (sulfide) groups is 1. The Morgan fingerprint density at radius 3 is 3.12 bits per heavy atom. The molecular formula is C15H14FN5OS2. The van der Waals surface area contributed by atoms with Crippen molar-refractivity contribution < 1.29 is 9.18 Å². The van der Waals surface area contributed by atoms with Crippen LogP contribution >= 0.6 is 23.1 Å². The molecule has 0 radical (unpaired) electrons. The SMILES string of the molecule is Nc1nnc(SCC(=O)N2CCc3[nH]c4ccc(F)cc4c3C2)s1. The molecule has 4 rings (SSSR count). The third-order valence-corrected chi connectivity index (χ3v) is 5.90. The largest absolute Gasteiger partial charge is 0.374 e. The summed E-state index contributed by atoms with van der Waals surface area (Å²) in [6.07, 6.45) is 0.744. The smallest absolute Gasteiger partial charge is 0.233 e. The summed E-state index contributed by atoms with van der Waals surface area (Å²) in [6.45, 7) is 1.15. The maximum Gasteiger partial charge on any atom is 0.233 e. The average molecular weight is 363 g/mol. The molecule has 0 atom stereocenters. The van der Waals surface area contributed by atoms with Crippen LogP contribution in [-0.4, -0.2) is 38.3 Å². The molecule has 3 N–H and O–H groups in total. The number of carbonyl (C=O) groups excluding carboxylic acids is 1. The first-order valence-electron chi connectivity index (χ1n) is 7.38. The number of benzene rings is 1. The van der Waals surface area contributed by atoms with Crippen LogP contribution in [0.4, 0.5) is 9.52 Å². The van der Waals surface area contributed by atoms with E-state index in [4.69, 9.17) is 5.73 Å². The molecule has 0 spiro atoms. The Kier molecular flexibility index (Phi) is 3.89. The molecule has 24 heavy (non-hydrogen) atoms. The van der Waals surface area contributed by atoms with Gasteiger partial charge in [0.05, 0.1) is 5.75 Å². The summed E-state index contributed by atoms with van der Waals surface area (Å²) < 4.78 is 14.2. The Balaban J connectivity index is 1.49. The Morgan fingerprint density at radius 2 is 2.33 bits per heavy atom. The second kappa shape index (κ2) is 6.06. The third-order valence-electron chi connectivity index (χ3n) is 4.03. The molecule has 1 amide bonds. The maximum atomic E-state index is 13.5. The first kappa shape index (κ1) is 15.4. The summed E-state index contributed by atoms with van der Waals surface area (Å²) >= 11 is 2.61. The van der Waals surface area contributed by atoms with E-state index in [1.165, 1.54) is 35.2 Å². The van der Waals surface area contributed by atoms with Gasteiger partial charge in [-0.3, -0.25) is 4.79 Å². The van der Waals surface area contributed by atoms with Crippen LogP contribution in [0.15, 0.2) is 22.5 Å². The number of nitrogens with one attached hydrogen (secondary N) is 1. The summed E-state index contributed by atoms with van der Waals surface area (Å²) in [6, 6.07) is 4.71. The van der Waals surface area contributed by atoms with Crippen molar-refractivity contribution in [2.45, 2.75) is 17.3 Å². The van der Waals surface area contributed by atoms with E-state index < -0.39 is 0 Å². The van der Waals surface area contributed by atoms with E-state index in [1.807, 2.05) is 0 Å². The van der Waals surface area contributed by atoms with Crippen molar-refractivity contribution in [2.24, 2.45) is 0 Å². The number of nitrogens with two attached hydrogens (primary N) is 1. The van der Waals surface area contributed by atoms with Crippen molar-refractivity contribution in [3.05, 3.63) is 35.3 Å². The zero-order valence-electron chi connectivity index (χ0n) is 12.6. The maximum absolute atomic E-state index is 13.5. The molecule has 6 nitrogen and oxygen atoms in total. The van der Waals surface area contributed by atoms with E-state index in [9.17, 15) is 9.18 Å². The van der Waals surface area contributed by atoms with Crippen LogP contribution < -0.4 is 5.73 Å². The van der Waals surface area contributed by atoms with Crippen LogP contribution in [0.2, 0.25) is 0 Å². The topological polar surface area (TPSA) is 87.9 Å². The lowest BCUT2D eigenvalue weighted by Crippen LogP contribution is -2.36. The summed E-state index contributed by atoms with van der Waals surface area (Å²) in [5, 5.41) is 8.88. The predicted octanol–water partition coefficient (Wildman–Crippen LogP) is 2.42. The van der Waals surface area contributed by atoms with E-state index in [0.29, 0.717) is 28.3 Å². The fourth-order valence-corrected chi connectivity index (χ4v) is 4.43. The van der Waals surface area contributed by atoms with Gasteiger partial charge in [-0.05, 0) is 18.2 Å². The Morgan fingerprint density at radius 1 is 1.46 bits per heavy atom. The van der Waals surface area contributed by atoms with Gasteiger partial charge in [0.1, 0.15) is 5.82 Å². The summed E-state index contributed by atoms with van der Waals surface area (Å²) in [5.74, 6) is 0.0584. The zero-order chi connectivity index (χ0) is 16.7. The second-order valence-corrected chi connectivity index (χ2v) is 7.76. The van der Waals surface area contributed by atoms with E-state index in [1.54, 1.807) is 11.0 Å². The first-order valence-corrected chi connectivity index (χ1v) is 9.19. The Bertz CT molecular complexity index is 922. The van der Waals surface area contributed by atoms with Crippen LogP contribution in [0.5, 0.6) is 0 Å². The summed E-state index contributed by atoms with van der Waals surface area (Å²) in [5.41, 5.74) is 8.54. The molecule has 1 aromatic carbocycles. The van der Waals surface area contributed by atoms with Gasteiger partial charge in [0, 0.05) is 41.7 Å². The lowest BCUT2D eigenvalue weighted by molar-refractivity contribution is -0.129. The van der Waals surface area contributed by atoms with Crippen molar-refractivity contribution in [1.82, 2.24) is 20.1 Å². The van der Waals surface area contributed by atoms with Gasteiger partial charge >= 0.3 is 0 Å². The second-order valence-electron chi connectivity index (χ2n) is 5.53. The summed E-state index contributed by atoms with van der Waals surface area (Å²) in [4.78, 5) is 17.6. The fourth-order valence-electron chi connectivity index (χ4n) is 2.89. The normalized spacial score (nSPS) is 14.1. The number of halogens is 1. The number of rotatable bonds is 3. The van der Waals surface area contributed by atoms with E-state index >= 15 is 0 Å². The predicted molar refractivity (Wildman–Crippen MR) is 92.4 cm³/mol. The molecule has 0 bridgehead atoms. The molecule has 2 aromatic heterocycles. The van der Waals surface area contributed by atoms with Crippen molar-refractivity contribution in [3.63, 3.8) is 0 Å². The van der Waals surface area contributed by atoms with Gasteiger partial charge < -0.3 is 15.6 Å². The van der Waals surface area contributed by atoms with Crippen LogP contribution in [0, 0.1) is 5.82 Å². The van der Waals surface area contributed by atoms with Crippen molar-refractivity contribution in [1.29, 1.82) is 0 Å². The van der Waals surface area contributed by atoms with E-state index in [-0.39, 0.29) is 11.7 Å². The molecule has 1 aliphatic rings. The van der Waals surface area contributed by atoms with Gasteiger partial charge in [0.2, 0.25) is 11.0 Å². The first-order chi connectivity index (χ1) is 11.6. The number of nitrogens with zero attached hydrogens (tertiary/aromatic N) is 3. The number of hydrogen-bond acceptors (Lipinski definition) is 6. The Labute approximate surface area is 145 Å². The number of anilines is 1. The average Bonchev–Trinajstić information content (AvgIpc) is 3.15. The van der Waals surface area contributed by atoms with Crippen molar-refractivity contribution in [3.8, 4) is 0 Å². The highest BCUT2D eigenvalue weighted by molar-refractivity contribution is 8.01. The van der Waals surface area contributed by atoms with Crippen LogP contribution in [0.1, 0.15) is 11.3 Å². The number of hydrogen-bond donors (Lipinski definition) is 2. The molecule has 1 aliphatic heterocycles. The molecule has 124 valence electrons. The molecule has 3 aromatic rings. The molecule has 9 heteroatoms. The van der Waals surface area contributed by atoms with Gasteiger partial charge in [0.15, 0.2) is 4.34 Å². The molecular weight excluding hydrogens is 349 g/mol. The van der Waals surface area contributed by atoms with Gasteiger partial charge in [-0.15, -0.1) is 10.2 Å². The third kappa shape index (κ3) is 2.84. The molecule has 0 aliphatic carbocycles. The van der Waals surface area contributed by atoms with Crippen LogP contribution in [-0.2, 0) is 17.8 Å².